The van der Waals surface area contributed by atoms with E-state index in [1.165, 1.54) is 0 Å². The third kappa shape index (κ3) is 1.28. The van der Waals surface area contributed by atoms with Gasteiger partial charge in [-0.05, 0) is 24.2 Å². The van der Waals surface area contributed by atoms with Crippen molar-refractivity contribution in [2.45, 2.75) is 12.8 Å². The Bertz CT molecular complexity index is 453. The lowest BCUT2D eigenvalue weighted by Crippen LogP contribution is -2.47. The number of carboxylic acids is 1. The molecule has 6 heteroatoms. The minimum atomic E-state index is -1.01. The summed E-state index contributed by atoms with van der Waals surface area (Å²) < 4.78 is 4.60. The maximum absolute atomic E-state index is 11.7. The standard InChI is InChI=1S/C12H12O6/c13-3-7-5-1-4(9(7)11(15)16)6-2-8(14)18-12(17)10(5)6/h3-7,9-10H,1-2H2,(H,15,16). The Morgan fingerprint density at radius 3 is 2.61 bits per heavy atom. The first-order valence-corrected chi connectivity index (χ1v) is 5.97. The van der Waals surface area contributed by atoms with E-state index in [1.807, 2.05) is 0 Å². The van der Waals surface area contributed by atoms with E-state index in [2.05, 4.69) is 4.74 Å². The molecule has 1 heterocycles. The van der Waals surface area contributed by atoms with Crippen LogP contribution in [-0.2, 0) is 23.9 Å². The molecule has 0 amide bonds. The molecule has 2 bridgehead atoms. The highest BCUT2D eigenvalue weighted by Crippen LogP contribution is 2.60. The Kier molecular flexibility index (Phi) is 2.30. The number of ether oxygens (including phenoxy) is 1. The topological polar surface area (TPSA) is 97.7 Å². The number of carbonyl (C=O) groups excluding carboxylic acids is 3. The minimum Gasteiger partial charge on any atom is -0.481 e. The summed E-state index contributed by atoms with van der Waals surface area (Å²) in [7, 11) is 0. The average molecular weight is 252 g/mol. The zero-order valence-electron chi connectivity index (χ0n) is 9.44. The van der Waals surface area contributed by atoms with Gasteiger partial charge in [0.25, 0.3) is 0 Å². The summed E-state index contributed by atoms with van der Waals surface area (Å²) >= 11 is 0. The average Bonchev–Trinajstić information content (AvgIpc) is 2.82. The van der Waals surface area contributed by atoms with Crippen molar-refractivity contribution >= 4 is 24.2 Å². The summed E-state index contributed by atoms with van der Waals surface area (Å²) in [5.41, 5.74) is 0. The van der Waals surface area contributed by atoms with Gasteiger partial charge in [0, 0.05) is 12.3 Å². The van der Waals surface area contributed by atoms with Crippen LogP contribution in [0.25, 0.3) is 0 Å². The van der Waals surface area contributed by atoms with Crippen LogP contribution >= 0.6 is 0 Å². The van der Waals surface area contributed by atoms with Gasteiger partial charge in [-0.15, -0.1) is 0 Å². The SMILES string of the molecule is O=CC1C2CC(C3CC(=O)OC(=O)C23)C1C(=O)O. The summed E-state index contributed by atoms with van der Waals surface area (Å²) in [6.07, 6.45) is 1.26. The Balaban J connectivity index is 1.97. The smallest absolute Gasteiger partial charge is 0.317 e. The number of esters is 2. The van der Waals surface area contributed by atoms with E-state index in [4.69, 9.17) is 0 Å². The summed E-state index contributed by atoms with van der Waals surface area (Å²) in [6, 6.07) is 0. The number of rotatable bonds is 2. The quantitative estimate of drug-likeness (QED) is 0.417. The number of aliphatic carboxylic acids is 1. The number of cyclic esters (lactones) is 2. The fraction of sp³-hybridized carbons (Fsp3) is 0.667. The van der Waals surface area contributed by atoms with E-state index < -0.39 is 35.7 Å². The van der Waals surface area contributed by atoms with Crippen molar-refractivity contribution in [3.8, 4) is 0 Å². The summed E-state index contributed by atoms with van der Waals surface area (Å²) in [6.45, 7) is 0. The molecule has 96 valence electrons. The van der Waals surface area contributed by atoms with E-state index in [0.29, 0.717) is 12.7 Å². The molecule has 3 aliphatic rings. The highest BCUT2D eigenvalue weighted by atomic mass is 16.6. The van der Waals surface area contributed by atoms with Gasteiger partial charge >= 0.3 is 17.9 Å². The lowest BCUT2D eigenvalue weighted by molar-refractivity contribution is -0.176. The molecule has 1 N–H and O–H groups in total. The van der Waals surface area contributed by atoms with Gasteiger partial charge in [0.2, 0.25) is 0 Å². The molecular weight excluding hydrogens is 240 g/mol. The first-order chi connectivity index (χ1) is 8.54. The van der Waals surface area contributed by atoms with E-state index in [-0.39, 0.29) is 24.2 Å². The van der Waals surface area contributed by atoms with Gasteiger partial charge in [0.1, 0.15) is 6.29 Å². The molecule has 0 aromatic carbocycles. The zero-order chi connectivity index (χ0) is 13.0. The molecular formula is C12H12O6. The van der Waals surface area contributed by atoms with Gasteiger partial charge in [-0.3, -0.25) is 14.4 Å². The molecule has 6 nitrogen and oxygen atoms in total. The first kappa shape index (κ1) is 11.4. The molecule has 2 aliphatic carbocycles. The van der Waals surface area contributed by atoms with Gasteiger partial charge < -0.3 is 14.6 Å². The van der Waals surface area contributed by atoms with Crippen LogP contribution in [0.2, 0.25) is 0 Å². The van der Waals surface area contributed by atoms with Gasteiger partial charge in [-0.2, -0.15) is 0 Å². The number of carboxylic acid groups (broad SMARTS) is 1. The molecule has 6 unspecified atom stereocenters. The second-order valence-corrected chi connectivity index (χ2v) is 5.33. The monoisotopic (exact) mass is 252 g/mol. The lowest BCUT2D eigenvalue weighted by atomic mass is 9.67. The van der Waals surface area contributed by atoms with Crippen LogP contribution in [0, 0.1) is 35.5 Å². The first-order valence-electron chi connectivity index (χ1n) is 5.97. The summed E-state index contributed by atoms with van der Waals surface area (Å²) in [5, 5.41) is 9.20. The predicted molar refractivity (Wildman–Crippen MR) is 55.0 cm³/mol. The lowest BCUT2D eigenvalue weighted by Gasteiger charge is -2.37. The van der Waals surface area contributed by atoms with Gasteiger partial charge in [0.15, 0.2) is 0 Å². The van der Waals surface area contributed by atoms with Gasteiger partial charge in [-0.25, -0.2) is 0 Å². The molecule has 0 aromatic heterocycles. The fourth-order valence-corrected chi connectivity index (χ4v) is 4.16. The van der Waals surface area contributed by atoms with Crippen LogP contribution in [-0.4, -0.2) is 29.3 Å². The highest BCUT2D eigenvalue weighted by molar-refractivity contribution is 5.91. The predicted octanol–water partition coefficient (Wildman–Crippen LogP) is -0.142. The number of aldehydes is 1. The molecule has 0 aromatic rings. The molecule has 3 rings (SSSR count). The van der Waals surface area contributed by atoms with Crippen molar-refractivity contribution in [1.82, 2.24) is 0 Å². The third-order valence-electron chi connectivity index (χ3n) is 4.72. The number of fused-ring (bicyclic) bond motifs is 5. The molecule has 0 spiro atoms. The molecule has 3 fully saturated rings. The molecule has 6 atom stereocenters. The van der Waals surface area contributed by atoms with Gasteiger partial charge in [0.05, 0.1) is 11.8 Å². The van der Waals surface area contributed by atoms with E-state index in [9.17, 15) is 24.3 Å². The van der Waals surface area contributed by atoms with Crippen molar-refractivity contribution in [3.05, 3.63) is 0 Å². The molecule has 0 radical (unpaired) electrons. The van der Waals surface area contributed by atoms with Crippen molar-refractivity contribution in [3.63, 3.8) is 0 Å². The van der Waals surface area contributed by atoms with Crippen LogP contribution in [0.5, 0.6) is 0 Å². The molecule has 18 heavy (non-hydrogen) atoms. The Morgan fingerprint density at radius 1 is 1.28 bits per heavy atom. The van der Waals surface area contributed by atoms with Crippen LogP contribution in [0.4, 0.5) is 0 Å². The molecule has 1 aliphatic heterocycles. The largest absolute Gasteiger partial charge is 0.481 e. The van der Waals surface area contributed by atoms with Crippen LogP contribution in [0.15, 0.2) is 0 Å². The summed E-state index contributed by atoms with van der Waals surface area (Å²) in [4.78, 5) is 45.3. The van der Waals surface area contributed by atoms with Crippen molar-refractivity contribution in [1.29, 1.82) is 0 Å². The normalized spacial score (nSPS) is 45.6. The Labute approximate surface area is 102 Å². The van der Waals surface area contributed by atoms with E-state index >= 15 is 0 Å². The fourth-order valence-electron chi connectivity index (χ4n) is 4.16. The minimum absolute atomic E-state index is 0.0902. The van der Waals surface area contributed by atoms with Crippen molar-refractivity contribution in [2.24, 2.45) is 35.5 Å². The second-order valence-electron chi connectivity index (χ2n) is 5.33. The number of carbonyl (C=O) groups is 4. The Hall–Kier alpha value is -1.72. The van der Waals surface area contributed by atoms with Crippen molar-refractivity contribution < 1.29 is 29.0 Å². The van der Waals surface area contributed by atoms with Crippen LogP contribution in [0.3, 0.4) is 0 Å². The van der Waals surface area contributed by atoms with Crippen molar-refractivity contribution in [2.75, 3.05) is 0 Å². The Morgan fingerprint density at radius 2 is 2.00 bits per heavy atom. The molecule has 1 saturated heterocycles. The van der Waals surface area contributed by atoms with Gasteiger partial charge in [-0.1, -0.05) is 0 Å². The molecule has 2 saturated carbocycles. The van der Waals surface area contributed by atoms with Crippen LogP contribution < -0.4 is 0 Å². The van der Waals surface area contributed by atoms with E-state index in [0.717, 1.165) is 0 Å². The number of hydrogen-bond donors (Lipinski definition) is 1. The maximum atomic E-state index is 11.7. The highest BCUT2D eigenvalue weighted by Gasteiger charge is 2.64. The number of hydrogen-bond acceptors (Lipinski definition) is 5. The third-order valence-corrected chi connectivity index (χ3v) is 4.72. The summed E-state index contributed by atoms with van der Waals surface area (Å²) in [5.74, 6) is -4.84. The zero-order valence-corrected chi connectivity index (χ0v) is 9.44. The van der Waals surface area contributed by atoms with E-state index in [1.54, 1.807) is 0 Å². The second kappa shape index (κ2) is 3.63. The van der Waals surface area contributed by atoms with Crippen LogP contribution in [0.1, 0.15) is 12.8 Å². The maximum Gasteiger partial charge on any atom is 0.317 e.